The maximum absolute atomic E-state index is 12.5. The topological polar surface area (TPSA) is 58.2 Å². The zero-order valence-corrected chi connectivity index (χ0v) is 15.9. The van der Waals surface area contributed by atoms with Crippen molar-refractivity contribution >= 4 is 11.8 Å². The van der Waals surface area contributed by atoms with Gasteiger partial charge in [0.1, 0.15) is 0 Å². The van der Waals surface area contributed by atoms with E-state index in [-0.39, 0.29) is 30.8 Å². The van der Waals surface area contributed by atoms with Gasteiger partial charge in [-0.15, -0.1) is 0 Å². The highest BCUT2D eigenvalue weighted by atomic mass is 16.2. The second-order valence-electron chi connectivity index (χ2n) is 6.69. The third-order valence-corrected chi connectivity index (χ3v) is 4.52. The normalized spacial score (nSPS) is 11.5. The molecule has 0 aliphatic carbocycles. The largest absolute Gasteiger partial charge is 0.352 e. The summed E-state index contributed by atoms with van der Waals surface area (Å²) in [4.78, 5) is 24.6. The first-order chi connectivity index (χ1) is 13.6. The van der Waals surface area contributed by atoms with E-state index in [9.17, 15) is 9.59 Å². The van der Waals surface area contributed by atoms with Crippen LogP contribution in [0.1, 0.15) is 39.5 Å². The lowest BCUT2D eigenvalue weighted by Crippen LogP contribution is -2.33. The van der Waals surface area contributed by atoms with Gasteiger partial charge in [0.15, 0.2) is 0 Å². The van der Waals surface area contributed by atoms with Gasteiger partial charge in [-0.1, -0.05) is 78.4 Å². The van der Waals surface area contributed by atoms with Crippen LogP contribution in [-0.4, -0.2) is 18.4 Å². The van der Waals surface area contributed by atoms with E-state index in [0.717, 1.165) is 11.1 Å². The van der Waals surface area contributed by atoms with Crippen molar-refractivity contribution in [3.63, 3.8) is 0 Å². The Morgan fingerprint density at radius 3 is 2.00 bits per heavy atom. The lowest BCUT2D eigenvalue weighted by Gasteiger charge is -2.20. The van der Waals surface area contributed by atoms with Crippen molar-refractivity contribution in [1.29, 1.82) is 0 Å². The zero-order valence-electron chi connectivity index (χ0n) is 15.9. The van der Waals surface area contributed by atoms with Crippen LogP contribution in [0.25, 0.3) is 0 Å². The molecule has 0 spiro atoms. The predicted molar refractivity (Wildman–Crippen MR) is 111 cm³/mol. The molecule has 2 amide bonds. The van der Waals surface area contributed by atoms with Crippen LogP contribution in [-0.2, 0) is 4.79 Å². The van der Waals surface area contributed by atoms with Gasteiger partial charge in [0.2, 0.25) is 5.91 Å². The molecular formula is C24H24N2O2. The number of hydrogen-bond acceptors (Lipinski definition) is 2. The molecule has 4 nitrogen and oxygen atoms in total. The molecule has 4 heteroatoms. The number of rotatable bonds is 7. The Hall–Kier alpha value is -3.40. The number of nitrogens with one attached hydrogen (secondary N) is 2. The molecule has 3 rings (SSSR count). The van der Waals surface area contributed by atoms with E-state index in [1.807, 2.05) is 79.7 Å². The Bertz CT molecular complexity index is 906. The number of aryl methyl sites for hydroxylation is 1. The molecule has 1 atom stereocenters. The molecule has 142 valence electrons. The molecule has 1 unspecified atom stereocenters. The lowest BCUT2D eigenvalue weighted by molar-refractivity contribution is -0.121. The van der Waals surface area contributed by atoms with Crippen molar-refractivity contribution < 1.29 is 9.59 Å². The first-order valence-corrected chi connectivity index (χ1v) is 9.37. The predicted octanol–water partition coefficient (Wildman–Crippen LogP) is 4.02. The molecule has 2 N–H and O–H groups in total. The van der Waals surface area contributed by atoms with Gasteiger partial charge >= 0.3 is 0 Å². The minimum absolute atomic E-state index is 0.109. The van der Waals surface area contributed by atoms with Crippen LogP contribution in [0.4, 0.5) is 0 Å². The smallest absolute Gasteiger partial charge is 0.251 e. The molecule has 3 aromatic carbocycles. The summed E-state index contributed by atoms with van der Waals surface area (Å²) in [5.41, 5.74) is 3.81. The van der Waals surface area contributed by atoms with Gasteiger partial charge in [-0.3, -0.25) is 9.59 Å². The summed E-state index contributed by atoms with van der Waals surface area (Å²) in [7, 11) is 0. The van der Waals surface area contributed by atoms with Crippen LogP contribution in [0.5, 0.6) is 0 Å². The van der Waals surface area contributed by atoms with Gasteiger partial charge in [0, 0.05) is 18.5 Å². The van der Waals surface area contributed by atoms with Crippen molar-refractivity contribution in [2.45, 2.75) is 19.4 Å². The summed E-state index contributed by atoms with van der Waals surface area (Å²) < 4.78 is 0. The maximum Gasteiger partial charge on any atom is 0.251 e. The van der Waals surface area contributed by atoms with E-state index in [1.165, 1.54) is 5.56 Å². The number of benzene rings is 3. The van der Waals surface area contributed by atoms with Crippen LogP contribution in [0.3, 0.4) is 0 Å². The number of carbonyl (C=O) groups is 2. The molecule has 0 radical (unpaired) electrons. The van der Waals surface area contributed by atoms with Crippen LogP contribution in [0, 0.1) is 6.92 Å². The van der Waals surface area contributed by atoms with Crippen LogP contribution in [0.15, 0.2) is 84.9 Å². The summed E-state index contributed by atoms with van der Waals surface area (Å²) >= 11 is 0. The second kappa shape index (κ2) is 9.51. The van der Waals surface area contributed by atoms with Gasteiger partial charge in [0.05, 0.1) is 6.04 Å². The van der Waals surface area contributed by atoms with Crippen molar-refractivity contribution in [2.75, 3.05) is 6.54 Å². The third-order valence-electron chi connectivity index (χ3n) is 4.52. The Balaban J connectivity index is 1.61. The van der Waals surface area contributed by atoms with Crippen molar-refractivity contribution in [3.8, 4) is 0 Å². The number of carbonyl (C=O) groups excluding carboxylic acids is 2. The second-order valence-corrected chi connectivity index (χ2v) is 6.69. The maximum atomic E-state index is 12.5. The summed E-state index contributed by atoms with van der Waals surface area (Å²) in [6.45, 7) is 2.32. The molecule has 0 heterocycles. The fraction of sp³-hybridized carbons (Fsp3) is 0.167. The molecular weight excluding hydrogens is 348 g/mol. The van der Waals surface area contributed by atoms with Crippen molar-refractivity contribution in [1.82, 2.24) is 10.6 Å². The van der Waals surface area contributed by atoms with E-state index in [0.29, 0.717) is 5.56 Å². The van der Waals surface area contributed by atoms with Crippen LogP contribution in [0.2, 0.25) is 0 Å². The standard InChI is InChI=1S/C24H24N2O2/c1-18-12-14-20(15-13-18)23(19-8-4-2-5-9-19)26-22(27)16-17-25-24(28)21-10-6-3-7-11-21/h2-15,23H,16-17H2,1H3,(H,25,28)(H,26,27). The molecule has 3 aromatic rings. The third kappa shape index (κ3) is 5.30. The van der Waals surface area contributed by atoms with E-state index in [2.05, 4.69) is 10.6 Å². The minimum atomic E-state index is -0.223. The van der Waals surface area contributed by atoms with Crippen molar-refractivity contribution in [2.24, 2.45) is 0 Å². The van der Waals surface area contributed by atoms with Crippen LogP contribution >= 0.6 is 0 Å². The molecule has 0 aromatic heterocycles. The fourth-order valence-corrected chi connectivity index (χ4v) is 2.98. The van der Waals surface area contributed by atoms with Gasteiger partial charge in [-0.05, 0) is 30.2 Å². The summed E-state index contributed by atoms with van der Waals surface area (Å²) in [5.74, 6) is -0.283. The summed E-state index contributed by atoms with van der Waals surface area (Å²) in [5, 5.41) is 5.88. The Kier molecular flexibility index (Phi) is 6.58. The quantitative estimate of drug-likeness (QED) is 0.658. The zero-order chi connectivity index (χ0) is 19.8. The summed E-state index contributed by atoms with van der Waals surface area (Å²) in [6, 6.07) is 26.8. The SMILES string of the molecule is Cc1ccc(C(NC(=O)CCNC(=O)c2ccccc2)c2ccccc2)cc1. The Morgan fingerprint density at radius 2 is 1.36 bits per heavy atom. The van der Waals surface area contributed by atoms with E-state index in [4.69, 9.17) is 0 Å². The highest BCUT2D eigenvalue weighted by molar-refractivity contribution is 5.94. The molecule has 0 aliphatic rings. The van der Waals surface area contributed by atoms with Crippen molar-refractivity contribution in [3.05, 3.63) is 107 Å². The Morgan fingerprint density at radius 1 is 0.786 bits per heavy atom. The lowest BCUT2D eigenvalue weighted by atomic mass is 9.97. The molecule has 0 bridgehead atoms. The molecule has 0 saturated carbocycles. The summed E-state index contributed by atoms with van der Waals surface area (Å²) in [6.07, 6.45) is 0.216. The van der Waals surface area contributed by atoms with E-state index in [1.54, 1.807) is 12.1 Å². The van der Waals surface area contributed by atoms with Gasteiger partial charge in [-0.25, -0.2) is 0 Å². The highest BCUT2D eigenvalue weighted by Gasteiger charge is 2.16. The number of amides is 2. The molecule has 0 saturated heterocycles. The fourth-order valence-electron chi connectivity index (χ4n) is 2.98. The monoisotopic (exact) mass is 372 g/mol. The average molecular weight is 372 g/mol. The molecule has 0 fully saturated rings. The van der Waals surface area contributed by atoms with Crippen LogP contribution < -0.4 is 10.6 Å². The van der Waals surface area contributed by atoms with E-state index < -0.39 is 0 Å². The number of hydrogen-bond donors (Lipinski definition) is 2. The van der Waals surface area contributed by atoms with Gasteiger partial charge < -0.3 is 10.6 Å². The first-order valence-electron chi connectivity index (χ1n) is 9.37. The van der Waals surface area contributed by atoms with Gasteiger partial charge in [0.25, 0.3) is 5.91 Å². The van der Waals surface area contributed by atoms with E-state index >= 15 is 0 Å². The Labute approximate surface area is 165 Å². The highest BCUT2D eigenvalue weighted by Crippen LogP contribution is 2.22. The average Bonchev–Trinajstić information content (AvgIpc) is 2.74. The minimum Gasteiger partial charge on any atom is -0.352 e. The first kappa shape index (κ1) is 19.4. The van der Waals surface area contributed by atoms with Gasteiger partial charge in [-0.2, -0.15) is 0 Å². The molecule has 28 heavy (non-hydrogen) atoms. The molecule has 0 aliphatic heterocycles.